The van der Waals surface area contributed by atoms with Crippen LogP contribution in [0.5, 0.6) is 5.75 Å². The van der Waals surface area contributed by atoms with Crippen LogP contribution in [0.1, 0.15) is 19.3 Å². The molecule has 0 spiro atoms. The van der Waals surface area contributed by atoms with Gasteiger partial charge < -0.3 is 15.7 Å². The number of nitrogens with one attached hydrogen (secondary N) is 2. The van der Waals surface area contributed by atoms with Crippen molar-refractivity contribution < 1.29 is 9.50 Å². The van der Waals surface area contributed by atoms with E-state index in [1.807, 2.05) is 6.07 Å². The molecule has 1 aliphatic heterocycles. The number of rotatable bonds is 3. The van der Waals surface area contributed by atoms with E-state index in [0.29, 0.717) is 19.4 Å². The van der Waals surface area contributed by atoms with Crippen LogP contribution in [0.4, 0.5) is 10.1 Å². The molecule has 1 aliphatic rings. The molecule has 0 aromatic heterocycles. The van der Waals surface area contributed by atoms with Gasteiger partial charge in [0.1, 0.15) is 11.4 Å². The Morgan fingerprint density at radius 2 is 2.24 bits per heavy atom. The third-order valence-electron chi connectivity index (χ3n) is 3.18. The summed E-state index contributed by atoms with van der Waals surface area (Å²) in [6.45, 7) is 1.94. The molecule has 17 heavy (non-hydrogen) atoms. The molecule has 4 heteroatoms. The summed E-state index contributed by atoms with van der Waals surface area (Å²) in [5, 5.41) is 15.6. The Morgan fingerprint density at radius 1 is 1.35 bits per heavy atom. The normalized spacial score (nSPS) is 25.2. The van der Waals surface area contributed by atoms with Gasteiger partial charge in [0.05, 0.1) is 0 Å². The van der Waals surface area contributed by atoms with Crippen LogP contribution in [-0.4, -0.2) is 30.4 Å². The van der Waals surface area contributed by atoms with Crippen molar-refractivity contribution >= 4 is 5.69 Å². The fraction of sp³-hybridized carbons (Fsp3) is 0.538. The van der Waals surface area contributed by atoms with Crippen molar-refractivity contribution in [1.29, 1.82) is 0 Å². The first-order chi connectivity index (χ1) is 8.18. The van der Waals surface area contributed by atoms with Gasteiger partial charge in [-0.15, -0.1) is 0 Å². The standard InChI is InChI=1S/C13H19FN2O/c14-13(5-2-7-15-8-6-13)10-16-11-3-1-4-12(17)9-11/h1,3-4,9,15-17H,2,5-8,10H2. The van der Waals surface area contributed by atoms with Gasteiger partial charge in [-0.1, -0.05) is 6.07 Å². The number of phenolic OH excluding ortho intramolecular Hbond substituents is 1. The van der Waals surface area contributed by atoms with E-state index in [1.54, 1.807) is 18.2 Å². The largest absolute Gasteiger partial charge is 0.508 e. The molecule has 3 N–H and O–H groups in total. The van der Waals surface area contributed by atoms with Crippen molar-refractivity contribution in [3.05, 3.63) is 24.3 Å². The van der Waals surface area contributed by atoms with Crippen molar-refractivity contribution in [2.45, 2.75) is 24.9 Å². The SMILES string of the molecule is Oc1cccc(NCC2(F)CCCNCC2)c1. The van der Waals surface area contributed by atoms with Gasteiger partial charge >= 0.3 is 0 Å². The summed E-state index contributed by atoms with van der Waals surface area (Å²) in [6.07, 6.45) is 2.00. The fourth-order valence-corrected chi connectivity index (χ4v) is 2.15. The van der Waals surface area contributed by atoms with Crippen LogP contribution in [0.3, 0.4) is 0 Å². The van der Waals surface area contributed by atoms with Gasteiger partial charge in [-0.25, -0.2) is 4.39 Å². The molecule has 3 nitrogen and oxygen atoms in total. The van der Waals surface area contributed by atoms with Gasteiger partial charge in [0.2, 0.25) is 0 Å². The molecule has 94 valence electrons. The summed E-state index contributed by atoms with van der Waals surface area (Å²) in [6, 6.07) is 6.79. The van der Waals surface area contributed by atoms with E-state index in [4.69, 9.17) is 0 Å². The first-order valence-electron chi connectivity index (χ1n) is 6.11. The lowest BCUT2D eigenvalue weighted by atomic mass is 9.97. The van der Waals surface area contributed by atoms with Gasteiger partial charge in [-0.2, -0.15) is 0 Å². The lowest BCUT2D eigenvalue weighted by Gasteiger charge is -2.24. The minimum absolute atomic E-state index is 0.199. The predicted molar refractivity (Wildman–Crippen MR) is 67.2 cm³/mol. The molecule has 0 amide bonds. The molecule has 2 rings (SSSR count). The maximum absolute atomic E-state index is 14.5. The zero-order chi connectivity index (χ0) is 12.1. The lowest BCUT2D eigenvalue weighted by Crippen LogP contribution is -2.33. The summed E-state index contributed by atoms with van der Waals surface area (Å²) in [4.78, 5) is 0. The van der Waals surface area contributed by atoms with Crippen LogP contribution in [0.2, 0.25) is 0 Å². The van der Waals surface area contributed by atoms with Crippen molar-refractivity contribution in [3.63, 3.8) is 0 Å². The minimum atomic E-state index is -1.14. The molecule has 1 unspecified atom stereocenters. The molecule has 1 fully saturated rings. The molecule has 0 radical (unpaired) electrons. The first-order valence-corrected chi connectivity index (χ1v) is 6.11. The highest BCUT2D eigenvalue weighted by molar-refractivity contribution is 5.47. The quantitative estimate of drug-likeness (QED) is 0.757. The number of hydrogen-bond donors (Lipinski definition) is 3. The Kier molecular flexibility index (Phi) is 3.84. The molecule has 1 heterocycles. The number of anilines is 1. The van der Waals surface area contributed by atoms with E-state index in [0.717, 1.165) is 25.2 Å². The molecular weight excluding hydrogens is 219 g/mol. The average molecular weight is 238 g/mol. The van der Waals surface area contributed by atoms with Gasteiger partial charge in [-0.3, -0.25) is 0 Å². The second-order valence-electron chi connectivity index (χ2n) is 4.66. The van der Waals surface area contributed by atoms with E-state index >= 15 is 0 Å². The molecule has 0 aliphatic carbocycles. The zero-order valence-electron chi connectivity index (χ0n) is 9.88. The van der Waals surface area contributed by atoms with Crippen LogP contribution in [0, 0.1) is 0 Å². The Morgan fingerprint density at radius 3 is 3.06 bits per heavy atom. The monoisotopic (exact) mass is 238 g/mol. The Labute approximate surface area is 101 Å². The van der Waals surface area contributed by atoms with Crippen molar-refractivity contribution in [2.75, 3.05) is 25.0 Å². The van der Waals surface area contributed by atoms with Gasteiger partial charge in [-0.05, 0) is 44.5 Å². The van der Waals surface area contributed by atoms with Gasteiger partial charge in [0, 0.05) is 18.3 Å². The average Bonchev–Trinajstić information content (AvgIpc) is 2.53. The van der Waals surface area contributed by atoms with Crippen LogP contribution < -0.4 is 10.6 Å². The van der Waals surface area contributed by atoms with Crippen LogP contribution >= 0.6 is 0 Å². The highest BCUT2D eigenvalue weighted by Gasteiger charge is 2.30. The number of alkyl halides is 1. The number of hydrogen-bond acceptors (Lipinski definition) is 3. The highest BCUT2D eigenvalue weighted by atomic mass is 19.1. The molecule has 1 atom stereocenters. The smallest absolute Gasteiger partial charge is 0.129 e. The third kappa shape index (κ3) is 3.60. The topological polar surface area (TPSA) is 44.3 Å². The van der Waals surface area contributed by atoms with E-state index in [-0.39, 0.29) is 5.75 Å². The number of phenols is 1. The minimum Gasteiger partial charge on any atom is -0.508 e. The second kappa shape index (κ2) is 5.36. The summed E-state index contributed by atoms with van der Waals surface area (Å²) in [5.74, 6) is 0.199. The lowest BCUT2D eigenvalue weighted by molar-refractivity contribution is 0.161. The van der Waals surface area contributed by atoms with Crippen LogP contribution in [-0.2, 0) is 0 Å². The molecule has 0 bridgehead atoms. The van der Waals surface area contributed by atoms with E-state index in [9.17, 15) is 9.50 Å². The van der Waals surface area contributed by atoms with E-state index < -0.39 is 5.67 Å². The van der Waals surface area contributed by atoms with Crippen molar-refractivity contribution in [3.8, 4) is 5.75 Å². The maximum Gasteiger partial charge on any atom is 0.129 e. The molecular formula is C13H19FN2O. The molecule has 0 saturated carbocycles. The summed E-state index contributed by atoms with van der Waals surface area (Å²) in [5.41, 5.74) is -0.381. The van der Waals surface area contributed by atoms with Crippen molar-refractivity contribution in [1.82, 2.24) is 5.32 Å². The fourth-order valence-electron chi connectivity index (χ4n) is 2.15. The zero-order valence-corrected chi connectivity index (χ0v) is 9.88. The Hall–Kier alpha value is -1.29. The highest BCUT2D eigenvalue weighted by Crippen LogP contribution is 2.25. The second-order valence-corrected chi connectivity index (χ2v) is 4.66. The number of aromatic hydroxyl groups is 1. The van der Waals surface area contributed by atoms with Crippen LogP contribution in [0.15, 0.2) is 24.3 Å². The van der Waals surface area contributed by atoms with E-state index in [1.165, 1.54) is 0 Å². The van der Waals surface area contributed by atoms with E-state index in [2.05, 4.69) is 10.6 Å². The third-order valence-corrected chi connectivity index (χ3v) is 3.18. The summed E-state index contributed by atoms with van der Waals surface area (Å²) in [7, 11) is 0. The predicted octanol–water partition coefficient (Wildman–Crippen LogP) is 2.29. The number of benzene rings is 1. The van der Waals surface area contributed by atoms with Gasteiger partial charge in [0.25, 0.3) is 0 Å². The maximum atomic E-state index is 14.5. The number of halogens is 1. The van der Waals surface area contributed by atoms with Crippen LogP contribution in [0.25, 0.3) is 0 Å². The van der Waals surface area contributed by atoms with Crippen molar-refractivity contribution in [2.24, 2.45) is 0 Å². The molecule has 1 aromatic carbocycles. The Bertz CT molecular complexity index is 362. The molecule has 1 aromatic rings. The summed E-state index contributed by atoms with van der Waals surface area (Å²) >= 11 is 0. The summed E-state index contributed by atoms with van der Waals surface area (Å²) < 4.78 is 14.5. The van der Waals surface area contributed by atoms with Gasteiger partial charge in [0.15, 0.2) is 0 Å². The first kappa shape index (κ1) is 12.2. The molecule has 1 saturated heterocycles. The Balaban J connectivity index is 1.92.